The van der Waals surface area contributed by atoms with Crippen molar-refractivity contribution < 1.29 is 0 Å². The summed E-state index contributed by atoms with van der Waals surface area (Å²) in [5.74, 6) is 0. The highest BCUT2D eigenvalue weighted by Crippen LogP contribution is 2.15. The molecule has 0 aliphatic rings. The smallest absolute Gasteiger partial charge is 0.310 e. The lowest BCUT2D eigenvalue weighted by Crippen LogP contribution is -2.25. The van der Waals surface area contributed by atoms with Gasteiger partial charge in [-0.1, -0.05) is 29.3 Å². The standard InChI is InChI=1S/C13H13BrN2O2/c1-7-3-8(2)5-9(4-7)6-10-11(14)12(17)16-13(18)15-10/h3-5H,6H2,1-2H3,(H2,15,16,17,18). The van der Waals surface area contributed by atoms with Crippen molar-refractivity contribution in [2.24, 2.45) is 0 Å². The van der Waals surface area contributed by atoms with Crippen LogP contribution in [0.1, 0.15) is 22.4 Å². The van der Waals surface area contributed by atoms with E-state index in [2.05, 4.69) is 32.0 Å². The van der Waals surface area contributed by atoms with E-state index in [1.807, 2.05) is 26.0 Å². The summed E-state index contributed by atoms with van der Waals surface area (Å²) in [6.07, 6.45) is 0.516. The predicted octanol–water partition coefficient (Wildman–Crippen LogP) is 2.03. The molecule has 0 atom stereocenters. The Morgan fingerprint density at radius 3 is 2.28 bits per heavy atom. The van der Waals surface area contributed by atoms with E-state index in [0.717, 1.165) is 16.7 Å². The Labute approximate surface area is 112 Å². The van der Waals surface area contributed by atoms with Gasteiger partial charge in [0.2, 0.25) is 0 Å². The van der Waals surface area contributed by atoms with Crippen molar-refractivity contribution in [1.82, 2.24) is 9.97 Å². The van der Waals surface area contributed by atoms with Gasteiger partial charge in [0.25, 0.3) is 5.56 Å². The molecular formula is C13H13BrN2O2. The van der Waals surface area contributed by atoms with E-state index in [1.54, 1.807) is 0 Å². The van der Waals surface area contributed by atoms with Crippen molar-refractivity contribution in [3.8, 4) is 0 Å². The summed E-state index contributed by atoms with van der Waals surface area (Å²) in [7, 11) is 0. The summed E-state index contributed by atoms with van der Waals surface area (Å²) in [6, 6.07) is 6.16. The van der Waals surface area contributed by atoms with Crippen LogP contribution in [0.25, 0.3) is 0 Å². The summed E-state index contributed by atoms with van der Waals surface area (Å²) in [5, 5.41) is 0. The number of aryl methyl sites for hydroxylation is 2. The van der Waals surface area contributed by atoms with E-state index in [-0.39, 0.29) is 0 Å². The van der Waals surface area contributed by atoms with Crippen molar-refractivity contribution >= 4 is 15.9 Å². The molecule has 0 bridgehead atoms. The van der Waals surface area contributed by atoms with E-state index in [4.69, 9.17) is 0 Å². The third kappa shape index (κ3) is 2.79. The molecule has 1 aromatic heterocycles. The average molecular weight is 309 g/mol. The topological polar surface area (TPSA) is 65.7 Å². The molecule has 2 rings (SSSR count). The largest absolute Gasteiger partial charge is 0.325 e. The second-order valence-electron chi connectivity index (χ2n) is 4.37. The van der Waals surface area contributed by atoms with E-state index >= 15 is 0 Å². The molecule has 0 radical (unpaired) electrons. The third-order valence-corrected chi connectivity index (χ3v) is 3.46. The van der Waals surface area contributed by atoms with Gasteiger partial charge in [-0.05, 0) is 35.3 Å². The van der Waals surface area contributed by atoms with Crippen LogP contribution in [-0.2, 0) is 6.42 Å². The molecule has 0 unspecified atom stereocenters. The van der Waals surface area contributed by atoms with Gasteiger partial charge in [0.15, 0.2) is 0 Å². The molecule has 0 aliphatic carbocycles. The number of aromatic nitrogens is 2. The number of rotatable bonds is 2. The molecule has 5 heteroatoms. The lowest BCUT2D eigenvalue weighted by atomic mass is 10.0. The first-order valence-electron chi connectivity index (χ1n) is 5.54. The fourth-order valence-corrected chi connectivity index (χ4v) is 2.35. The van der Waals surface area contributed by atoms with Crippen molar-refractivity contribution in [2.75, 3.05) is 0 Å². The molecule has 1 aromatic carbocycles. The Balaban J connectivity index is 2.46. The summed E-state index contributed by atoms with van der Waals surface area (Å²) in [5.41, 5.74) is 3.09. The summed E-state index contributed by atoms with van der Waals surface area (Å²) >= 11 is 3.19. The highest BCUT2D eigenvalue weighted by molar-refractivity contribution is 9.10. The van der Waals surface area contributed by atoms with Gasteiger partial charge in [0, 0.05) is 12.1 Å². The van der Waals surface area contributed by atoms with Crippen molar-refractivity contribution in [2.45, 2.75) is 20.3 Å². The molecule has 18 heavy (non-hydrogen) atoms. The lowest BCUT2D eigenvalue weighted by molar-refractivity contribution is 0.936. The highest BCUT2D eigenvalue weighted by atomic mass is 79.9. The summed E-state index contributed by atoms with van der Waals surface area (Å²) in [6.45, 7) is 4.04. The van der Waals surface area contributed by atoms with Crippen LogP contribution in [-0.4, -0.2) is 9.97 Å². The summed E-state index contributed by atoms with van der Waals surface area (Å²) < 4.78 is 0.376. The second-order valence-corrected chi connectivity index (χ2v) is 5.17. The Morgan fingerprint density at radius 1 is 1.06 bits per heavy atom. The Kier molecular flexibility index (Phi) is 3.52. The fraction of sp³-hybridized carbons (Fsp3) is 0.231. The maximum absolute atomic E-state index is 11.5. The third-order valence-electron chi connectivity index (χ3n) is 2.62. The molecular weight excluding hydrogens is 296 g/mol. The first kappa shape index (κ1) is 12.8. The van der Waals surface area contributed by atoms with Crippen LogP contribution in [0.4, 0.5) is 0 Å². The number of halogens is 1. The number of hydrogen-bond acceptors (Lipinski definition) is 2. The molecule has 4 nitrogen and oxygen atoms in total. The van der Waals surface area contributed by atoms with Gasteiger partial charge in [-0.2, -0.15) is 0 Å². The van der Waals surface area contributed by atoms with Gasteiger partial charge in [0.05, 0.1) is 0 Å². The first-order valence-corrected chi connectivity index (χ1v) is 6.33. The number of aromatic amines is 2. The van der Waals surface area contributed by atoms with E-state index in [0.29, 0.717) is 16.6 Å². The molecule has 0 fully saturated rings. The SMILES string of the molecule is Cc1cc(C)cc(Cc2[nH]c(=O)[nH]c(=O)c2Br)c1. The molecule has 2 aromatic rings. The summed E-state index contributed by atoms with van der Waals surface area (Å²) in [4.78, 5) is 27.5. The van der Waals surface area contributed by atoms with Crippen LogP contribution >= 0.6 is 15.9 Å². The molecule has 2 N–H and O–H groups in total. The highest BCUT2D eigenvalue weighted by Gasteiger charge is 2.07. The van der Waals surface area contributed by atoms with Gasteiger partial charge in [0.1, 0.15) is 4.47 Å². The zero-order chi connectivity index (χ0) is 13.3. The van der Waals surface area contributed by atoms with Crippen LogP contribution in [0.3, 0.4) is 0 Å². The fourth-order valence-electron chi connectivity index (χ4n) is 2.02. The van der Waals surface area contributed by atoms with E-state index < -0.39 is 11.2 Å². The Hall–Kier alpha value is -1.62. The van der Waals surface area contributed by atoms with Gasteiger partial charge in [-0.25, -0.2) is 4.79 Å². The van der Waals surface area contributed by atoms with Gasteiger partial charge >= 0.3 is 5.69 Å². The van der Waals surface area contributed by atoms with Gasteiger partial charge in [-0.15, -0.1) is 0 Å². The quantitative estimate of drug-likeness (QED) is 0.891. The number of H-pyrrole nitrogens is 2. The average Bonchev–Trinajstić information content (AvgIpc) is 2.23. The van der Waals surface area contributed by atoms with Crippen LogP contribution in [0.5, 0.6) is 0 Å². The molecule has 1 heterocycles. The maximum Gasteiger partial charge on any atom is 0.325 e. The molecule has 0 amide bonds. The van der Waals surface area contributed by atoms with Crippen molar-refractivity contribution in [3.63, 3.8) is 0 Å². The van der Waals surface area contributed by atoms with E-state index in [9.17, 15) is 9.59 Å². The predicted molar refractivity (Wildman–Crippen MR) is 74.1 cm³/mol. The van der Waals surface area contributed by atoms with Gasteiger partial charge < -0.3 is 4.98 Å². The minimum atomic E-state index is -0.484. The first-order chi connectivity index (χ1) is 8.45. The number of hydrogen-bond donors (Lipinski definition) is 2. The number of benzene rings is 1. The molecule has 0 saturated heterocycles. The Morgan fingerprint density at radius 2 is 1.67 bits per heavy atom. The van der Waals surface area contributed by atoms with E-state index in [1.165, 1.54) is 0 Å². The number of nitrogens with one attached hydrogen (secondary N) is 2. The second kappa shape index (κ2) is 4.94. The molecule has 0 aliphatic heterocycles. The molecule has 0 spiro atoms. The maximum atomic E-state index is 11.5. The van der Waals surface area contributed by atoms with Crippen molar-refractivity contribution in [1.29, 1.82) is 0 Å². The Bertz CT molecular complexity index is 681. The minimum absolute atomic E-state index is 0.376. The van der Waals surface area contributed by atoms with Crippen molar-refractivity contribution in [3.05, 3.63) is 65.9 Å². The molecule has 0 saturated carbocycles. The lowest BCUT2D eigenvalue weighted by Gasteiger charge is -2.06. The zero-order valence-electron chi connectivity index (χ0n) is 10.1. The molecule has 94 valence electrons. The van der Waals surface area contributed by atoms with Crippen LogP contribution < -0.4 is 11.2 Å². The normalized spacial score (nSPS) is 10.6. The zero-order valence-corrected chi connectivity index (χ0v) is 11.7. The van der Waals surface area contributed by atoms with Crippen LogP contribution in [0, 0.1) is 13.8 Å². The monoisotopic (exact) mass is 308 g/mol. The van der Waals surface area contributed by atoms with Gasteiger partial charge in [-0.3, -0.25) is 9.78 Å². The van der Waals surface area contributed by atoms with Crippen LogP contribution in [0.2, 0.25) is 0 Å². The minimum Gasteiger partial charge on any atom is -0.310 e. The van der Waals surface area contributed by atoms with Crippen LogP contribution in [0.15, 0.2) is 32.3 Å².